The summed E-state index contributed by atoms with van der Waals surface area (Å²) in [6.45, 7) is 1.85. The maximum absolute atomic E-state index is 9.81. The number of hydrogen-bond donors (Lipinski definition) is 1. The van der Waals surface area contributed by atoms with Crippen molar-refractivity contribution in [3.63, 3.8) is 0 Å². The van der Waals surface area contributed by atoms with Gasteiger partial charge in [-0.25, -0.2) is 0 Å². The lowest BCUT2D eigenvalue weighted by atomic mass is 10.0. The fourth-order valence-corrected chi connectivity index (χ4v) is 2.14. The molecule has 0 saturated heterocycles. The molecule has 19 heavy (non-hydrogen) atoms. The maximum Gasteiger partial charge on any atom is 0.204 e. The van der Waals surface area contributed by atoms with Gasteiger partial charge < -0.3 is 9.52 Å². The number of hydrogen-bond acceptors (Lipinski definition) is 3. The summed E-state index contributed by atoms with van der Waals surface area (Å²) in [5.41, 5.74) is 3.35. The summed E-state index contributed by atoms with van der Waals surface area (Å²) in [4.78, 5) is 0. The van der Waals surface area contributed by atoms with Gasteiger partial charge >= 0.3 is 0 Å². The molecule has 0 aliphatic carbocycles. The standard InChI is InChI=1S/C16H11NO2/c1-10-5-6-11(7-15(10)18)13-3-2-4-16-14(13)8-12(9-17)19-16/h2-8,18H,1H3. The van der Waals surface area contributed by atoms with Gasteiger partial charge in [0, 0.05) is 11.5 Å². The van der Waals surface area contributed by atoms with Crippen LogP contribution in [-0.4, -0.2) is 5.11 Å². The molecule has 0 unspecified atom stereocenters. The Morgan fingerprint density at radius 1 is 1.16 bits per heavy atom. The van der Waals surface area contributed by atoms with E-state index in [1.807, 2.05) is 43.3 Å². The van der Waals surface area contributed by atoms with Gasteiger partial charge in [-0.15, -0.1) is 0 Å². The monoisotopic (exact) mass is 249 g/mol. The molecule has 3 rings (SSSR count). The number of aromatic hydroxyl groups is 1. The first-order chi connectivity index (χ1) is 9.19. The number of benzene rings is 2. The van der Waals surface area contributed by atoms with E-state index in [1.54, 1.807) is 12.1 Å². The van der Waals surface area contributed by atoms with Gasteiger partial charge in [-0.1, -0.05) is 24.3 Å². The third kappa shape index (κ3) is 1.84. The zero-order chi connectivity index (χ0) is 13.4. The molecule has 1 N–H and O–H groups in total. The first kappa shape index (κ1) is 11.4. The van der Waals surface area contributed by atoms with Gasteiger partial charge in [0.1, 0.15) is 17.4 Å². The van der Waals surface area contributed by atoms with Crippen molar-refractivity contribution in [2.24, 2.45) is 0 Å². The van der Waals surface area contributed by atoms with E-state index in [1.165, 1.54) is 0 Å². The second kappa shape index (κ2) is 4.18. The lowest BCUT2D eigenvalue weighted by Gasteiger charge is -2.05. The third-order valence-electron chi connectivity index (χ3n) is 3.19. The van der Waals surface area contributed by atoms with Crippen molar-refractivity contribution in [3.05, 3.63) is 53.8 Å². The van der Waals surface area contributed by atoms with Crippen molar-refractivity contribution in [2.45, 2.75) is 6.92 Å². The minimum atomic E-state index is 0.263. The lowest BCUT2D eigenvalue weighted by Crippen LogP contribution is -1.81. The van der Waals surface area contributed by atoms with Crippen LogP contribution in [0.5, 0.6) is 5.75 Å². The van der Waals surface area contributed by atoms with Crippen LogP contribution in [-0.2, 0) is 0 Å². The highest BCUT2D eigenvalue weighted by Crippen LogP contribution is 2.33. The van der Waals surface area contributed by atoms with Gasteiger partial charge in [-0.05, 0) is 35.7 Å². The van der Waals surface area contributed by atoms with Crippen LogP contribution in [0.1, 0.15) is 11.3 Å². The van der Waals surface area contributed by atoms with Gasteiger partial charge in [0.15, 0.2) is 0 Å². The Morgan fingerprint density at radius 2 is 2.00 bits per heavy atom. The predicted molar refractivity (Wildman–Crippen MR) is 72.8 cm³/mol. The zero-order valence-corrected chi connectivity index (χ0v) is 10.3. The molecule has 0 fully saturated rings. The molecule has 0 radical (unpaired) electrons. The summed E-state index contributed by atoms with van der Waals surface area (Å²) in [7, 11) is 0. The lowest BCUT2D eigenvalue weighted by molar-refractivity contribution is 0.471. The summed E-state index contributed by atoms with van der Waals surface area (Å²) < 4.78 is 5.41. The average molecular weight is 249 g/mol. The SMILES string of the molecule is Cc1ccc(-c2cccc3oc(C#N)cc23)cc1O. The van der Waals surface area contributed by atoms with Crippen LogP contribution >= 0.6 is 0 Å². The molecule has 3 aromatic rings. The predicted octanol–water partition coefficient (Wildman–Crippen LogP) is 3.99. The van der Waals surface area contributed by atoms with E-state index in [2.05, 4.69) is 0 Å². The number of rotatable bonds is 1. The zero-order valence-electron chi connectivity index (χ0n) is 10.3. The van der Waals surface area contributed by atoms with Crippen molar-refractivity contribution < 1.29 is 9.52 Å². The van der Waals surface area contributed by atoms with Crippen LogP contribution in [0.3, 0.4) is 0 Å². The van der Waals surface area contributed by atoms with Crippen LogP contribution in [0.25, 0.3) is 22.1 Å². The molecule has 0 atom stereocenters. The molecule has 1 aromatic heterocycles. The second-order valence-electron chi connectivity index (χ2n) is 4.44. The van der Waals surface area contributed by atoms with Crippen LogP contribution in [0.4, 0.5) is 0 Å². The Labute approximate surface area is 110 Å². The molecule has 92 valence electrons. The van der Waals surface area contributed by atoms with Crippen LogP contribution < -0.4 is 0 Å². The molecule has 0 spiro atoms. The molecule has 0 amide bonds. The fourth-order valence-electron chi connectivity index (χ4n) is 2.14. The topological polar surface area (TPSA) is 57.2 Å². The molecule has 3 heteroatoms. The van der Waals surface area contributed by atoms with Crippen molar-refractivity contribution in [1.29, 1.82) is 5.26 Å². The van der Waals surface area contributed by atoms with Crippen molar-refractivity contribution in [1.82, 2.24) is 0 Å². The Balaban J connectivity index is 2.27. The minimum Gasteiger partial charge on any atom is -0.508 e. The Bertz CT molecular complexity index is 809. The maximum atomic E-state index is 9.81. The van der Waals surface area contributed by atoms with Crippen molar-refractivity contribution in [2.75, 3.05) is 0 Å². The first-order valence-corrected chi connectivity index (χ1v) is 5.91. The van der Waals surface area contributed by atoms with E-state index >= 15 is 0 Å². The number of aryl methyl sites for hydroxylation is 1. The normalized spacial score (nSPS) is 10.5. The summed E-state index contributed by atoms with van der Waals surface area (Å²) in [6, 6.07) is 14.9. The molecular weight excluding hydrogens is 238 g/mol. The molecular formula is C16H11NO2. The fraction of sp³-hybridized carbons (Fsp3) is 0.0625. The number of nitriles is 1. The van der Waals surface area contributed by atoms with Crippen LogP contribution in [0.2, 0.25) is 0 Å². The molecule has 2 aromatic carbocycles. The largest absolute Gasteiger partial charge is 0.508 e. The Kier molecular flexibility index (Phi) is 2.50. The molecule has 3 nitrogen and oxygen atoms in total. The molecule has 0 bridgehead atoms. The van der Waals surface area contributed by atoms with E-state index in [4.69, 9.17) is 9.68 Å². The highest BCUT2D eigenvalue weighted by atomic mass is 16.3. The number of phenolic OH excluding ortho intramolecular Hbond substituents is 1. The van der Waals surface area contributed by atoms with E-state index in [0.717, 1.165) is 22.1 Å². The van der Waals surface area contributed by atoms with Gasteiger partial charge in [0.2, 0.25) is 5.76 Å². The summed E-state index contributed by atoms with van der Waals surface area (Å²) in [6.07, 6.45) is 0. The quantitative estimate of drug-likeness (QED) is 0.709. The molecule has 1 heterocycles. The average Bonchev–Trinajstić information content (AvgIpc) is 2.85. The van der Waals surface area contributed by atoms with Gasteiger partial charge in [0.05, 0.1) is 0 Å². The van der Waals surface area contributed by atoms with Crippen molar-refractivity contribution in [3.8, 4) is 22.9 Å². The second-order valence-corrected chi connectivity index (χ2v) is 4.44. The Morgan fingerprint density at radius 3 is 2.74 bits per heavy atom. The smallest absolute Gasteiger partial charge is 0.204 e. The molecule has 0 saturated carbocycles. The van der Waals surface area contributed by atoms with E-state index in [0.29, 0.717) is 11.3 Å². The summed E-state index contributed by atoms with van der Waals surface area (Å²) in [5.74, 6) is 0.553. The van der Waals surface area contributed by atoms with E-state index < -0.39 is 0 Å². The number of fused-ring (bicyclic) bond motifs is 1. The van der Waals surface area contributed by atoms with E-state index in [-0.39, 0.29) is 5.75 Å². The minimum absolute atomic E-state index is 0.263. The molecule has 0 aliphatic heterocycles. The number of phenols is 1. The Hall–Kier alpha value is -2.73. The van der Waals surface area contributed by atoms with E-state index in [9.17, 15) is 5.11 Å². The van der Waals surface area contributed by atoms with Gasteiger partial charge in [-0.2, -0.15) is 5.26 Å². The first-order valence-electron chi connectivity index (χ1n) is 5.91. The van der Waals surface area contributed by atoms with Gasteiger partial charge in [-0.3, -0.25) is 0 Å². The highest BCUT2D eigenvalue weighted by molar-refractivity contribution is 5.95. The van der Waals surface area contributed by atoms with Gasteiger partial charge in [0.25, 0.3) is 0 Å². The number of furan rings is 1. The molecule has 0 aliphatic rings. The highest BCUT2D eigenvalue weighted by Gasteiger charge is 2.10. The summed E-state index contributed by atoms with van der Waals surface area (Å²) >= 11 is 0. The summed E-state index contributed by atoms with van der Waals surface area (Å²) in [5, 5.41) is 19.6. The number of nitrogens with zero attached hydrogens (tertiary/aromatic N) is 1. The van der Waals surface area contributed by atoms with Crippen LogP contribution in [0, 0.1) is 18.3 Å². The van der Waals surface area contributed by atoms with Crippen LogP contribution in [0.15, 0.2) is 46.9 Å². The van der Waals surface area contributed by atoms with Crippen molar-refractivity contribution >= 4 is 11.0 Å². The third-order valence-corrected chi connectivity index (χ3v) is 3.19.